The second-order valence-electron chi connectivity index (χ2n) is 6.03. The van der Waals surface area contributed by atoms with Crippen LogP contribution in [0.25, 0.3) is 0 Å². The molecule has 0 unspecified atom stereocenters. The van der Waals surface area contributed by atoms with Crippen LogP contribution in [0.15, 0.2) is 42.6 Å². The van der Waals surface area contributed by atoms with E-state index in [-0.39, 0.29) is 12.6 Å². The average molecular weight is 330 g/mol. The van der Waals surface area contributed by atoms with Crippen LogP contribution in [-0.4, -0.2) is 46.3 Å². The van der Waals surface area contributed by atoms with Crippen molar-refractivity contribution in [3.63, 3.8) is 0 Å². The summed E-state index contributed by atoms with van der Waals surface area (Å²) in [6.45, 7) is 1.88. The molecule has 1 fully saturated rings. The van der Waals surface area contributed by atoms with E-state index in [1.807, 2.05) is 36.5 Å². The third-order valence-electron chi connectivity index (χ3n) is 4.07. The minimum absolute atomic E-state index is 0.201. The van der Waals surface area contributed by atoms with Crippen molar-refractivity contribution in [2.24, 2.45) is 0 Å². The van der Waals surface area contributed by atoms with Crippen LogP contribution in [0, 0.1) is 0 Å². The Bertz CT molecular complexity index is 665. The topological polar surface area (TPSA) is 88.4 Å². The van der Waals surface area contributed by atoms with Gasteiger partial charge in [-0.3, -0.25) is 10.00 Å². The quantitative estimate of drug-likeness (QED) is 0.777. The van der Waals surface area contributed by atoms with Gasteiger partial charge in [0.25, 0.3) is 0 Å². The Hall–Kier alpha value is -2.38. The second kappa shape index (κ2) is 7.46. The molecule has 3 rings (SSSR count). The van der Waals surface area contributed by atoms with Gasteiger partial charge in [0.2, 0.25) is 0 Å². The number of carbonyl (C=O) groups excluding carboxylic acids is 1. The van der Waals surface area contributed by atoms with Crippen LogP contribution in [0.2, 0.25) is 0 Å². The van der Waals surface area contributed by atoms with E-state index in [0.29, 0.717) is 38.4 Å². The summed E-state index contributed by atoms with van der Waals surface area (Å²) in [5.74, 6) is 0.474. The van der Waals surface area contributed by atoms with Gasteiger partial charge in [-0.15, -0.1) is 0 Å². The second-order valence-corrected chi connectivity index (χ2v) is 6.03. The molecule has 1 aromatic heterocycles. The SMILES string of the molecule is O=C(NCC1(O)CCOCC1)Nc1ccn(Cc2ccccc2)n1. The Balaban J connectivity index is 1.48. The van der Waals surface area contributed by atoms with E-state index in [9.17, 15) is 9.90 Å². The number of nitrogens with one attached hydrogen (secondary N) is 2. The van der Waals surface area contributed by atoms with Crippen LogP contribution < -0.4 is 10.6 Å². The van der Waals surface area contributed by atoms with Crippen molar-refractivity contribution >= 4 is 11.8 Å². The molecular formula is C17H22N4O3. The third-order valence-corrected chi connectivity index (χ3v) is 4.07. The maximum Gasteiger partial charge on any atom is 0.320 e. The molecule has 7 nitrogen and oxygen atoms in total. The number of hydrogen-bond acceptors (Lipinski definition) is 4. The number of aliphatic hydroxyl groups is 1. The Labute approximate surface area is 140 Å². The van der Waals surface area contributed by atoms with Gasteiger partial charge in [-0.1, -0.05) is 30.3 Å². The zero-order chi connectivity index (χ0) is 16.8. The molecule has 3 N–H and O–H groups in total. The maximum absolute atomic E-state index is 12.0. The molecule has 1 aliphatic heterocycles. The summed E-state index contributed by atoms with van der Waals surface area (Å²) < 4.78 is 6.98. The van der Waals surface area contributed by atoms with Crippen molar-refractivity contribution in [3.8, 4) is 0 Å². The molecule has 1 saturated heterocycles. The van der Waals surface area contributed by atoms with Crippen molar-refractivity contribution in [1.29, 1.82) is 0 Å². The van der Waals surface area contributed by atoms with Crippen molar-refractivity contribution in [2.75, 3.05) is 25.1 Å². The zero-order valence-corrected chi connectivity index (χ0v) is 13.4. The fourth-order valence-corrected chi connectivity index (χ4v) is 2.62. The monoisotopic (exact) mass is 330 g/mol. The third kappa shape index (κ3) is 4.56. The number of ether oxygens (including phenoxy) is 1. The molecule has 0 bridgehead atoms. The van der Waals surface area contributed by atoms with Crippen LogP contribution in [0.1, 0.15) is 18.4 Å². The van der Waals surface area contributed by atoms with E-state index in [0.717, 1.165) is 5.56 Å². The van der Waals surface area contributed by atoms with Gasteiger partial charge in [-0.05, 0) is 5.56 Å². The Kier molecular flexibility index (Phi) is 5.12. The van der Waals surface area contributed by atoms with Crippen LogP contribution in [0.3, 0.4) is 0 Å². The predicted octanol–water partition coefficient (Wildman–Crippen LogP) is 1.59. The predicted molar refractivity (Wildman–Crippen MR) is 89.8 cm³/mol. The van der Waals surface area contributed by atoms with E-state index in [1.165, 1.54) is 0 Å². The average Bonchev–Trinajstić information content (AvgIpc) is 3.02. The minimum Gasteiger partial charge on any atom is -0.388 e. The lowest BCUT2D eigenvalue weighted by atomic mass is 9.94. The smallest absolute Gasteiger partial charge is 0.320 e. The highest BCUT2D eigenvalue weighted by atomic mass is 16.5. The Morgan fingerprint density at radius 2 is 2.00 bits per heavy atom. The number of benzene rings is 1. The van der Waals surface area contributed by atoms with Crippen molar-refractivity contribution < 1.29 is 14.6 Å². The van der Waals surface area contributed by atoms with Gasteiger partial charge < -0.3 is 15.2 Å². The number of anilines is 1. The fraction of sp³-hybridized carbons (Fsp3) is 0.412. The summed E-state index contributed by atoms with van der Waals surface area (Å²) in [4.78, 5) is 12.0. The van der Waals surface area contributed by atoms with Crippen LogP contribution >= 0.6 is 0 Å². The number of hydrogen-bond donors (Lipinski definition) is 3. The standard InChI is InChI=1S/C17H22N4O3/c22-16(18-13-17(23)7-10-24-11-8-17)19-15-6-9-21(20-15)12-14-4-2-1-3-5-14/h1-6,9,23H,7-8,10-13H2,(H2,18,19,20,22). The number of aromatic nitrogens is 2. The molecule has 1 aliphatic rings. The highest BCUT2D eigenvalue weighted by molar-refractivity contribution is 5.88. The van der Waals surface area contributed by atoms with Crippen molar-refractivity contribution in [2.45, 2.75) is 25.0 Å². The molecule has 7 heteroatoms. The highest BCUT2D eigenvalue weighted by Gasteiger charge is 2.30. The molecule has 0 radical (unpaired) electrons. The minimum atomic E-state index is -0.887. The summed E-state index contributed by atoms with van der Waals surface area (Å²) in [5.41, 5.74) is 0.251. The van der Waals surface area contributed by atoms with Gasteiger partial charge in [0.15, 0.2) is 5.82 Å². The first-order valence-corrected chi connectivity index (χ1v) is 8.05. The van der Waals surface area contributed by atoms with Crippen LogP contribution in [0.5, 0.6) is 0 Å². The van der Waals surface area contributed by atoms with Gasteiger partial charge in [0.1, 0.15) is 0 Å². The van der Waals surface area contributed by atoms with E-state index < -0.39 is 5.60 Å². The largest absolute Gasteiger partial charge is 0.388 e. The first kappa shape index (κ1) is 16.5. The molecule has 0 spiro atoms. The lowest BCUT2D eigenvalue weighted by molar-refractivity contribution is -0.0598. The summed E-state index contributed by atoms with van der Waals surface area (Å²) in [6, 6.07) is 11.3. The maximum atomic E-state index is 12.0. The lowest BCUT2D eigenvalue weighted by Gasteiger charge is -2.31. The molecule has 1 aromatic carbocycles. The van der Waals surface area contributed by atoms with E-state index in [2.05, 4.69) is 15.7 Å². The van der Waals surface area contributed by atoms with Crippen molar-refractivity contribution in [3.05, 3.63) is 48.2 Å². The summed E-state index contributed by atoms with van der Waals surface area (Å²) in [6.07, 6.45) is 2.87. The van der Waals surface area contributed by atoms with Gasteiger partial charge in [-0.25, -0.2) is 4.79 Å². The number of amides is 2. The van der Waals surface area contributed by atoms with E-state index in [1.54, 1.807) is 10.7 Å². The first-order chi connectivity index (χ1) is 11.6. The Morgan fingerprint density at radius 3 is 2.75 bits per heavy atom. The molecule has 128 valence electrons. The molecule has 2 amide bonds. The van der Waals surface area contributed by atoms with Crippen LogP contribution in [-0.2, 0) is 11.3 Å². The summed E-state index contributed by atoms with van der Waals surface area (Å²) >= 11 is 0. The number of nitrogens with zero attached hydrogens (tertiary/aromatic N) is 2. The molecule has 0 aliphatic carbocycles. The first-order valence-electron chi connectivity index (χ1n) is 8.05. The van der Waals surface area contributed by atoms with Gasteiger partial charge in [0.05, 0.1) is 12.1 Å². The fourth-order valence-electron chi connectivity index (χ4n) is 2.62. The lowest BCUT2D eigenvalue weighted by Crippen LogP contribution is -2.47. The Morgan fingerprint density at radius 1 is 1.25 bits per heavy atom. The highest BCUT2D eigenvalue weighted by Crippen LogP contribution is 2.19. The van der Waals surface area contributed by atoms with Gasteiger partial charge >= 0.3 is 6.03 Å². The molecule has 0 atom stereocenters. The number of rotatable bonds is 5. The number of carbonyl (C=O) groups is 1. The summed E-state index contributed by atoms with van der Waals surface area (Å²) in [5, 5.41) is 20.0. The molecule has 24 heavy (non-hydrogen) atoms. The van der Waals surface area contributed by atoms with Crippen molar-refractivity contribution in [1.82, 2.24) is 15.1 Å². The normalized spacial score (nSPS) is 16.5. The zero-order valence-electron chi connectivity index (χ0n) is 13.4. The molecule has 2 aromatic rings. The number of urea groups is 1. The summed E-state index contributed by atoms with van der Waals surface area (Å²) in [7, 11) is 0. The van der Waals surface area contributed by atoms with Gasteiger partial charge in [0, 0.05) is 44.9 Å². The van der Waals surface area contributed by atoms with Gasteiger partial charge in [-0.2, -0.15) is 5.10 Å². The van der Waals surface area contributed by atoms with E-state index >= 15 is 0 Å². The van der Waals surface area contributed by atoms with Crippen LogP contribution in [0.4, 0.5) is 10.6 Å². The molecule has 2 heterocycles. The molecular weight excluding hydrogens is 308 g/mol. The molecule has 0 saturated carbocycles. The van der Waals surface area contributed by atoms with E-state index in [4.69, 9.17) is 4.74 Å².